The minimum absolute atomic E-state index is 0.903. The molecule has 0 N–H and O–H groups in total. The topological polar surface area (TPSA) is 21.3 Å². The van der Waals surface area contributed by atoms with E-state index in [1.54, 1.807) is 0 Å². The van der Waals surface area contributed by atoms with Crippen molar-refractivity contribution < 1.29 is 4.42 Å². The van der Waals surface area contributed by atoms with Crippen LogP contribution in [0.1, 0.15) is 0 Å². The first-order valence-electron chi connectivity index (χ1n) is 20.8. The van der Waals surface area contributed by atoms with Crippen molar-refractivity contribution in [1.29, 1.82) is 0 Å². The molecule has 10 aromatic carbocycles. The first-order chi connectivity index (χ1) is 30.2. The Bertz CT molecular complexity index is 3520. The van der Waals surface area contributed by atoms with Crippen LogP contribution in [0, 0.1) is 0 Å². The Hall–Kier alpha value is -8.14. The fraction of sp³-hybridized carbons (Fsp3) is 0. The van der Waals surface area contributed by atoms with E-state index in [0.717, 1.165) is 55.8 Å². The first-order valence-corrected chi connectivity index (χ1v) is 20.8. The molecule has 0 saturated heterocycles. The SMILES string of the molecule is c1cc(N(c2ccc(-c3ccc(-c4cccc5ccccc45)cc3)cc2)c2ccc(-c3ccc4oc5ccccc5c4c3)cc2)cc(-n2c3ccccc3c3ccccc32)c1. The lowest BCUT2D eigenvalue weighted by Crippen LogP contribution is -2.10. The fourth-order valence-electron chi connectivity index (χ4n) is 9.25. The Balaban J connectivity index is 0.939. The highest BCUT2D eigenvalue weighted by molar-refractivity contribution is 6.09. The molecule has 3 nitrogen and oxygen atoms in total. The Labute approximate surface area is 353 Å². The van der Waals surface area contributed by atoms with Crippen LogP contribution in [0.15, 0.2) is 235 Å². The molecule has 0 amide bonds. The van der Waals surface area contributed by atoms with Gasteiger partial charge < -0.3 is 13.9 Å². The van der Waals surface area contributed by atoms with Crippen LogP contribution in [-0.2, 0) is 0 Å². The van der Waals surface area contributed by atoms with E-state index in [1.165, 1.54) is 54.8 Å². The van der Waals surface area contributed by atoms with Crippen molar-refractivity contribution in [1.82, 2.24) is 4.57 Å². The van der Waals surface area contributed by atoms with Crippen molar-refractivity contribution in [3.05, 3.63) is 231 Å². The molecule has 0 unspecified atom stereocenters. The molecule has 0 aliphatic heterocycles. The number of rotatable bonds is 7. The molecule has 0 radical (unpaired) electrons. The van der Waals surface area contributed by atoms with E-state index >= 15 is 0 Å². The molecule has 286 valence electrons. The van der Waals surface area contributed by atoms with Gasteiger partial charge in [-0.3, -0.25) is 0 Å². The number of hydrogen-bond donors (Lipinski definition) is 0. The van der Waals surface area contributed by atoms with E-state index in [-0.39, 0.29) is 0 Å². The van der Waals surface area contributed by atoms with Gasteiger partial charge in [-0.2, -0.15) is 0 Å². The Kier molecular flexibility index (Phi) is 8.17. The summed E-state index contributed by atoms with van der Waals surface area (Å²) in [6.45, 7) is 0. The fourth-order valence-corrected chi connectivity index (χ4v) is 9.25. The number of fused-ring (bicyclic) bond motifs is 7. The van der Waals surface area contributed by atoms with E-state index in [9.17, 15) is 0 Å². The van der Waals surface area contributed by atoms with Gasteiger partial charge in [0.1, 0.15) is 11.2 Å². The number of aromatic nitrogens is 1. The van der Waals surface area contributed by atoms with Crippen molar-refractivity contribution in [2.45, 2.75) is 0 Å². The number of benzene rings is 10. The van der Waals surface area contributed by atoms with Gasteiger partial charge in [-0.1, -0.05) is 158 Å². The minimum atomic E-state index is 0.903. The van der Waals surface area contributed by atoms with E-state index < -0.39 is 0 Å². The second kappa shape index (κ2) is 14.3. The lowest BCUT2D eigenvalue weighted by molar-refractivity contribution is 0.669. The van der Waals surface area contributed by atoms with Crippen LogP contribution in [0.25, 0.3) is 93.6 Å². The summed E-state index contributed by atoms with van der Waals surface area (Å²) in [7, 11) is 0. The second-order valence-corrected chi connectivity index (χ2v) is 15.7. The van der Waals surface area contributed by atoms with E-state index in [1.807, 2.05) is 12.1 Å². The average molecular weight is 779 g/mol. The second-order valence-electron chi connectivity index (χ2n) is 15.7. The first kappa shape index (κ1) is 34.9. The molecule has 12 aromatic rings. The number of furan rings is 1. The molecule has 0 spiro atoms. The molecule has 0 aliphatic rings. The molecule has 0 aliphatic carbocycles. The summed E-state index contributed by atoms with van der Waals surface area (Å²) >= 11 is 0. The van der Waals surface area contributed by atoms with E-state index in [4.69, 9.17) is 4.42 Å². The maximum absolute atomic E-state index is 6.14. The maximum Gasteiger partial charge on any atom is 0.135 e. The van der Waals surface area contributed by atoms with Gasteiger partial charge in [-0.25, -0.2) is 0 Å². The van der Waals surface area contributed by atoms with E-state index in [0.29, 0.717) is 0 Å². The van der Waals surface area contributed by atoms with Gasteiger partial charge in [0.15, 0.2) is 0 Å². The lowest BCUT2D eigenvalue weighted by atomic mass is 9.96. The van der Waals surface area contributed by atoms with Gasteiger partial charge in [-0.05, 0) is 117 Å². The third-order valence-corrected chi connectivity index (χ3v) is 12.2. The van der Waals surface area contributed by atoms with Crippen molar-refractivity contribution in [2.75, 3.05) is 4.90 Å². The van der Waals surface area contributed by atoms with Crippen LogP contribution in [0.3, 0.4) is 0 Å². The zero-order chi connectivity index (χ0) is 40.3. The van der Waals surface area contributed by atoms with E-state index in [2.05, 4.69) is 228 Å². The zero-order valence-electron chi connectivity index (χ0n) is 33.2. The Morgan fingerprint density at radius 1 is 0.311 bits per heavy atom. The van der Waals surface area contributed by atoms with Crippen molar-refractivity contribution >= 4 is 71.6 Å². The van der Waals surface area contributed by atoms with Gasteiger partial charge in [0.05, 0.1) is 11.0 Å². The van der Waals surface area contributed by atoms with Gasteiger partial charge in [0.2, 0.25) is 0 Å². The third kappa shape index (κ3) is 5.98. The standard InChI is InChI=1S/C58H38N2O/c1-2-15-49-42(11-1)12-9-19-50(49)43-25-23-39(24-26-43)40-27-32-45(33-28-40)59(46-34-29-41(30-35-46)44-31-36-58-54(37-44)53-18-5-8-22-57(53)61-58)47-13-10-14-48(38-47)60-55-20-6-3-16-51(55)52-17-4-7-21-56(52)60/h1-38H. The molecule has 0 saturated carbocycles. The summed E-state index contributed by atoms with van der Waals surface area (Å²) in [5.41, 5.74) is 15.7. The van der Waals surface area contributed by atoms with Gasteiger partial charge >= 0.3 is 0 Å². The predicted molar refractivity (Wildman–Crippen MR) is 257 cm³/mol. The molecule has 61 heavy (non-hydrogen) atoms. The number of para-hydroxylation sites is 3. The largest absolute Gasteiger partial charge is 0.456 e. The molecule has 3 heteroatoms. The van der Waals surface area contributed by atoms with Crippen LogP contribution in [0.2, 0.25) is 0 Å². The summed E-state index contributed by atoms with van der Waals surface area (Å²) in [5, 5.41) is 7.28. The minimum Gasteiger partial charge on any atom is -0.456 e. The summed E-state index contributed by atoms with van der Waals surface area (Å²) < 4.78 is 8.53. The number of anilines is 3. The van der Waals surface area contributed by atoms with Crippen LogP contribution in [0.4, 0.5) is 17.1 Å². The summed E-state index contributed by atoms with van der Waals surface area (Å²) in [6, 6.07) is 83.0. The highest BCUT2D eigenvalue weighted by atomic mass is 16.3. The third-order valence-electron chi connectivity index (χ3n) is 12.2. The maximum atomic E-state index is 6.14. The van der Waals surface area contributed by atoms with Crippen molar-refractivity contribution in [3.8, 4) is 39.1 Å². The van der Waals surface area contributed by atoms with Crippen molar-refractivity contribution in [3.63, 3.8) is 0 Å². The molecule has 2 heterocycles. The highest BCUT2D eigenvalue weighted by Gasteiger charge is 2.17. The quantitative estimate of drug-likeness (QED) is 0.161. The molecule has 0 fully saturated rings. The number of hydrogen-bond acceptors (Lipinski definition) is 2. The normalized spacial score (nSPS) is 11.6. The predicted octanol–water partition coefficient (Wildman–Crippen LogP) is 16.3. The Morgan fingerprint density at radius 2 is 0.820 bits per heavy atom. The number of nitrogens with zero attached hydrogens (tertiary/aromatic N) is 2. The van der Waals surface area contributed by atoms with Gasteiger partial charge in [-0.15, -0.1) is 0 Å². The molecular weight excluding hydrogens is 741 g/mol. The van der Waals surface area contributed by atoms with Gasteiger partial charge in [0, 0.05) is 44.3 Å². The molecule has 2 aromatic heterocycles. The van der Waals surface area contributed by atoms with Crippen LogP contribution >= 0.6 is 0 Å². The zero-order valence-corrected chi connectivity index (χ0v) is 33.2. The summed E-state index contributed by atoms with van der Waals surface area (Å²) in [6.07, 6.45) is 0. The van der Waals surface area contributed by atoms with Crippen molar-refractivity contribution in [2.24, 2.45) is 0 Å². The monoisotopic (exact) mass is 778 g/mol. The lowest BCUT2D eigenvalue weighted by Gasteiger charge is -2.26. The molecular formula is C58H38N2O. The molecule has 0 bridgehead atoms. The Morgan fingerprint density at radius 3 is 1.52 bits per heavy atom. The molecule has 0 atom stereocenters. The van der Waals surface area contributed by atoms with Crippen LogP contribution in [-0.4, -0.2) is 4.57 Å². The highest BCUT2D eigenvalue weighted by Crippen LogP contribution is 2.40. The average Bonchev–Trinajstić information content (AvgIpc) is 3.88. The smallest absolute Gasteiger partial charge is 0.135 e. The van der Waals surface area contributed by atoms with Crippen LogP contribution < -0.4 is 4.90 Å². The molecule has 12 rings (SSSR count). The summed E-state index contributed by atoms with van der Waals surface area (Å²) in [5.74, 6) is 0. The van der Waals surface area contributed by atoms with Gasteiger partial charge in [0.25, 0.3) is 0 Å². The summed E-state index contributed by atoms with van der Waals surface area (Å²) in [4.78, 5) is 2.36. The van der Waals surface area contributed by atoms with Crippen LogP contribution in [0.5, 0.6) is 0 Å².